The first-order chi connectivity index (χ1) is 8.08. The van der Waals surface area contributed by atoms with Crippen LogP contribution in [0.25, 0.3) is 10.9 Å². The Balaban J connectivity index is 2.37. The molecule has 0 fully saturated rings. The van der Waals surface area contributed by atoms with Crippen LogP contribution < -0.4 is 0 Å². The smallest absolute Gasteiger partial charge is 0.306 e. The summed E-state index contributed by atoms with van der Waals surface area (Å²) in [6.45, 7) is 1.69. The molecule has 4 heteroatoms. The van der Waals surface area contributed by atoms with Crippen LogP contribution in [0.15, 0.2) is 34.8 Å². The summed E-state index contributed by atoms with van der Waals surface area (Å²) < 4.78 is 0.930. The summed E-state index contributed by atoms with van der Waals surface area (Å²) in [4.78, 5) is 15.3. The van der Waals surface area contributed by atoms with Crippen molar-refractivity contribution in [1.82, 2.24) is 4.98 Å². The standard InChI is InChI=1S/C13H12BrNO2/c1-8(13(16)17)7-10-6-5-9-3-2-4-11(14)12(9)15-10/h2-6,8H,7H2,1H3,(H,16,17). The molecule has 1 aromatic heterocycles. The highest BCUT2D eigenvalue weighted by Gasteiger charge is 2.12. The van der Waals surface area contributed by atoms with E-state index in [2.05, 4.69) is 20.9 Å². The molecule has 0 aliphatic rings. The highest BCUT2D eigenvalue weighted by molar-refractivity contribution is 9.10. The predicted octanol–water partition coefficient (Wildman–Crippen LogP) is 3.26. The van der Waals surface area contributed by atoms with E-state index < -0.39 is 11.9 Å². The van der Waals surface area contributed by atoms with Gasteiger partial charge in [-0.3, -0.25) is 9.78 Å². The molecule has 0 spiro atoms. The van der Waals surface area contributed by atoms with E-state index in [1.807, 2.05) is 30.3 Å². The molecule has 0 saturated carbocycles. The fraction of sp³-hybridized carbons (Fsp3) is 0.231. The molecule has 0 aliphatic carbocycles. The lowest BCUT2D eigenvalue weighted by molar-refractivity contribution is -0.141. The summed E-state index contributed by atoms with van der Waals surface area (Å²) in [6, 6.07) is 9.72. The Bertz CT molecular complexity index is 568. The number of pyridine rings is 1. The van der Waals surface area contributed by atoms with Crippen molar-refractivity contribution in [2.75, 3.05) is 0 Å². The minimum Gasteiger partial charge on any atom is -0.481 e. The Morgan fingerprint density at radius 2 is 2.18 bits per heavy atom. The molecule has 3 nitrogen and oxygen atoms in total. The molecule has 0 bridgehead atoms. The van der Waals surface area contributed by atoms with Gasteiger partial charge in [0.05, 0.1) is 11.4 Å². The lowest BCUT2D eigenvalue weighted by atomic mass is 10.0. The molecule has 1 atom stereocenters. The number of carboxylic acid groups (broad SMARTS) is 1. The van der Waals surface area contributed by atoms with Crippen molar-refractivity contribution < 1.29 is 9.90 Å². The largest absolute Gasteiger partial charge is 0.481 e. The summed E-state index contributed by atoms with van der Waals surface area (Å²) in [6.07, 6.45) is 0.451. The van der Waals surface area contributed by atoms with E-state index in [0.29, 0.717) is 6.42 Å². The summed E-state index contributed by atoms with van der Waals surface area (Å²) in [5.41, 5.74) is 1.68. The fourth-order valence-electron chi connectivity index (χ4n) is 1.67. The Labute approximate surface area is 108 Å². The second-order valence-electron chi connectivity index (χ2n) is 4.06. The molecule has 0 saturated heterocycles. The van der Waals surface area contributed by atoms with E-state index >= 15 is 0 Å². The lowest BCUT2D eigenvalue weighted by Gasteiger charge is -2.07. The maximum absolute atomic E-state index is 10.8. The third-order valence-corrected chi connectivity index (χ3v) is 3.31. The second-order valence-corrected chi connectivity index (χ2v) is 4.91. The number of para-hydroxylation sites is 1. The van der Waals surface area contributed by atoms with E-state index in [1.165, 1.54) is 0 Å². The Morgan fingerprint density at radius 1 is 1.41 bits per heavy atom. The van der Waals surface area contributed by atoms with E-state index in [9.17, 15) is 4.79 Å². The maximum Gasteiger partial charge on any atom is 0.306 e. The summed E-state index contributed by atoms with van der Waals surface area (Å²) >= 11 is 3.45. The van der Waals surface area contributed by atoms with Gasteiger partial charge < -0.3 is 5.11 Å². The number of aromatic nitrogens is 1. The number of carbonyl (C=O) groups is 1. The topological polar surface area (TPSA) is 50.2 Å². The third kappa shape index (κ3) is 2.64. The van der Waals surface area contributed by atoms with Crippen LogP contribution in [0.5, 0.6) is 0 Å². The summed E-state index contributed by atoms with van der Waals surface area (Å²) in [5, 5.41) is 9.92. The average molecular weight is 294 g/mol. The van der Waals surface area contributed by atoms with Crippen molar-refractivity contribution in [3.63, 3.8) is 0 Å². The zero-order valence-corrected chi connectivity index (χ0v) is 10.9. The molecule has 88 valence electrons. The van der Waals surface area contributed by atoms with Gasteiger partial charge in [0, 0.05) is 22.0 Å². The van der Waals surface area contributed by atoms with Crippen molar-refractivity contribution in [3.05, 3.63) is 40.5 Å². The van der Waals surface area contributed by atoms with Crippen LogP contribution in [0.3, 0.4) is 0 Å². The van der Waals surface area contributed by atoms with Crippen molar-refractivity contribution in [1.29, 1.82) is 0 Å². The van der Waals surface area contributed by atoms with Crippen LogP contribution in [0, 0.1) is 5.92 Å². The van der Waals surface area contributed by atoms with Gasteiger partial charge in [-0.05, 0) is 28.1 Å². The minimum absolute atomic E-state index is 0.414. The molecule has 2 rings (SSSR count). The van der Waals surface area contributed by atoms with Crippen LogP contribution in [-0.4, -0.2) is 16.1 Å². The number of carboxylic acids is 1. The summed E-state index contributed by atoms with van der Waals surface area (Å²) in [5.74, 6) is -1.21. The van der Waals surface area contributed by atoms with Crippen LogP contribution >= 0.6 is 15.9 Å². The van der Waals surface area contributed by atoms with Crippen LogP contribution in [0.4, 0.5) is 0 Å². The van der Waals surface area contributed by atoms with Crippen molar-refractivity contribution in [3.8, 4) is 0 Å². The zero-order valence-electron chi connectivity index (χ0n) is 9.35. The molecule has 1 aromatic carbocycles. The first-order valence-corrected chi connectivity index (χ1v) is 6.14. The van der Waals surface area contributed by atoms with Gasteiger partial charge in [0.15, 0.2) is 0 Å². The number of halogens is 1. The maximum atomic E-state index is 10.8. The normalized spacial score (nSPS) is 12.6. The Hall–Kier alpha value is -1.42. The number of aliphatic carboxylic acids is 1. The molecule has 1 unspecified atom stereocenters. The molecule has 0 aliphatic heterocycles. The fourth-order valence-corrected chi connectivity index (χ4v) is 2.14. The van der Waals surface area contributed by atoms with Gasteiger partial charge in [0.2, 0.25) is 0 Å². The monoisotopic (exact) mass is 293 g/mol. The number of nitrogens with zero attached hydrogens (tertiary/aromatic N) is 1. The molecule has 1 heterocycles. The SMILES string of the molecule is CC(Cc1ccc2cccc(Br)c2n1)C(=O)O. The molecule has 2 aromatic rings. The van der Waals surface area contributed by atoms with Crippen LogP contribution in [0.2, 0.25) is 0 Å². The summed E-state index contributed by atoms with van der Waals surface area (Å²) in [7, 11) is 0. The van der Waals surface area contributed by atoms with Gasteiger partial charge in [-0.25, -0.2) is 0 Å². The Kier molecular flexibility index (Phi) is 3.43. The average Bonchev–Trinajstić information content (AvgIpc) is 2.30. The van der Waals surface area contributed by atoms with Gasteiger partial charge in [-0.1, -0.05) is 25.1 Å². The first-order valence-electron chi connectivity index (χ1n) is 5.35. The van der Waals surface area contributed by atoms with E-state index in [4.69, 9.17) is 5.11 Å². The number of rotatable bonds is 3. The third-order valence-electron chi connectivity index (χ3n) is 2.67. The molecule has 0 amide bonds. The predicted molar refractivity (Wildman–Crippen MR) is 69.9 cm³/mol. The number of hydrogen-bond acceptors (Lipinski definition) is 2. The van der Waals surface area contributed by atoms with Gasteiger partial charge in [-0.15, -0.1) is 0 Å². The first kappa shape index (κ1) is 12.0. The number of fused-ring (bicyclic) bond motifs is 1. The van der Waals surface area contributed by atoms with Crippen molar-refractivity contribution in [2.45, 2.75) is 13.3 Å². The quantitative estimate of drug-likeness (QED) is 0.945. The molecule has 1 N–H and O–H groups in total. The van der Waals surface area contributed by atoms with Crippen LogP contribution in [-0.2, 0) is 11.2 Å². The highest BCUT2D eigenvalue weighted by Crippen LogP contribution is 2.22. The molecule has 17 heavy (non-hydrogen) atoms. The Morgan fingerprint density at radius 3 is 2.88 bits per heavy atom. The van der Waals surface area contributed by atoms with Gasteiger partial charge in [0.1, 0.15) is 0 Å². The molecular weight excluding hydrogens is 282 g/mol. The zero-order chi connectivity index (χ0) is 12.4. The number of hydrogen-bond donors (Lipinski definition) is 1. The molecule has 0 radical (unpaired) electrons. The van der Waals surface area contributed by atoms with Gasteiger partial charge >= 0.3 is 5.97 Å². The van der Waals surface area contributed by atoms with Crippen molar-refractivity contribution in [2.24, 2.45) is 5.92 Å². The van der Waals surface area contributed by atoms with Crippen molar-refractivity contribution >= 4 is 32.8 Å². The number of benzene rings is 1. The second kappa shape index (κ2) is 4.84. The van der Waals surface area contributed by atoms with E-state index in [-0.39, 0.29) is 0 Å². The van der Waals surface area contributed by atoms with Gasteiger partial charge in [0.25, 0.3) is 0 Å². The van der Waals surface area contributed by atoms with E-state index in [0.717, 1.165) is 21.1 Å². The van der Waals surface area contributed by atoms with E-state index in [1.54, 1.807) is 6.92 Å². The lowest BCUT2D eigenvalue weighted by Crippen LogP contribution is -2.13. The highest BCUT2D eigenvalue weighted by atomic mass is 79.9. The minimum atomic E-state index is -0.793. The van der Waals surface area contributed by atoms with Crippen LogP contribution in [0.1, 0.15) is 12.6 Å². The molecular formula is C13H12BrNO2. The van der Waals surface area contributed by atoms with Gasteiger partial charge in [-0.2, -0.15) is 0 Å².